The summed E-state index contributed by atoms with van der Waals surface area (Å²) in [7, 11) is 0. The van der Waals surface area contributed by atoms with Gasteiger partial charge in [0.15, 0.2) is 0 Å². The number of hydrogen-bond acceptors (Lipinski definition) is 0. The molecule has 0 bridgehead atoms. The molecule has 0 aliphatic heterocycles. The molecule has 3 aliphatic carbocycles. The molecule has 0 aromatic heterocycles. The van der Waals surface area contributed by atoms with Crippen LogP contribution in [0.1, 0.15) is 107 Å². The monoisotopic (exact) mass is 442 g/mol. The summed E-state index contributed by atoms with van der Waals surface area (Å²) >= 11 is 0. The minimum atomic E-state index is -0.343. The number of allylic oxidation sites excluding steroid dienone is 1. The summed E-state index contributed by atoms with van der Waals surface area (Å²) in [6.07, 6.45) is 21.0. The first-order chi connectivity index (χ1) is 15.6. The van der Waals surface area contributed by atoms with Gasteiger partial charge in [0.2, 0.25) is 0 Å². The molecule has 0 saturated heterocycles. The van der Waals surface area contributed by atoms with Crippen molar-refractivity contribution in [3.05, 3.63) is 47.0 Å². The second-order valence-corrected chi connectivity index (χ2v) is 11.2. The highest BCUT2D eigenvalue weighted by molar-refractivity contribution is 5.37. The lowest BCUT2D eigenvalue weighted by atomic mass is 9.60. The Labute approximate surface area is 195 Å². The molecule has 1 aromatic rings. The van der Waals surface area contributed by atoms with Crippen molar-refractivity contribution < 1.29 is 8.78 Å². The molecule has 0 radical (unpaired) electrons. The van der Waals surface area contributed by atoms with E-state index in [0.29, 0.717) is 18.8 Å². The van der Waals surface area contributed by atoms with Crippen LogP contribution in [0.15, 0.2) is 18.7 Å². The van der Waals surface area contributed by atoms with Crippen LogP contribution in [0.3, 0.4) is 0 Å². The maximum absolute atomic E-state index is 15.0. The maximum atomic E-state index is 15.0. The second-order valence-electron chi connectivity index (χ2n) is 11.2. The molecule has 0 N–H and O–H groups in total. The predicted molar refractivity (Wildman–Crippen MR) is 131 cm³/mol. The van der Waals surface area contributed by atoms with Crippen molar-refractivity contribution in [1.82, 2.24) is 0 Å². The summed E-state index contributed by atoms with van der Waals surface area (Å²) in [5.41, 5.74) is 2.03. The van der Waals surface area contributed by atoms with Crippen molar-refractivity contribution in [2.24, 2.45) is 29.6 Å². The standard InChI is InChI=1S/C30H44F2/c1-3-5-7-8-9-21-11-12-23-18-24(14-13-22(23)17-21)25-15-16-27-26(19-25)20-29(31)28(30(27)32)10-6-4-2/h4,20-25H,2-3,5-19H2,1H3. The van der Waals surface area contributed by atoms with Gasteiger partial charge < -0.3 is 0 Å². The summed E-state index contributed by atoms with van der Waals surface area (Å²) in [4.78, 5) is 0. The average Bonchev–Trinajstić information content (AvgIpc) is 2.81. The number of hydrogen-bond donors (Lipinski definition) is 0. The molecule has 2 saturated carbocycles. The first kappa shape index (κ1) is 24.0. The Morgan fingerprint density at radius 3 is 2.47 bits per heavy atom. The van der Waals surface area contributed by atoms with Crippen molar-refractivity contribution in [3.8, 4) is 0 Å². The predicted octanol–water partition coefficient (Wildman–Crippen LogP) is 8.99. The quantitative estimate of drug-likeness (QED) is 0.264. The van der Waals surface area contributed by atoms with Crippen molar-refractivity contribution in [3.63, 3.8) is 0 Å². The molecule has 5 unspecified atom stereocenters. The van der Waals surface area contributed by atoms with Crippen LogP contribution in [-0.2, 0) is 19.3 Å². The van der Waals surface area contributed by atoms with Crippen LogP contribution < -0.4 is 0 Å². The highest BCUT2D eigenvalue weighted by Crippen LogP contribution is 2.49. The van der Waals surface area contributed by atoms with Crippen LogP contribution in [0.4, 0.5) is 8.78 Å². The van der Waals surface area contributed by atoms with Gasteiger partial charge in [0, 0.05) is 5.56 Å². The van der Waals surface area contributed by atoms with Gasteiger partial charge in [-0.2, -0.15) is 0 Å². The van der Waals surface area contributed by atoms with Gasteiger partial charge in [-0.3, -0.25) is 0 Å². The van der Waals surface area contributed by atoms with Gasteiger partial charge in [0.1, 0.15) is 11.6 Å². The lowest BCUT2D eigenvalue weighted by molar-refractivity contribution is 0.0688. The van der Waals surface area contributed by atoms with Gasteiger partial charge in [-0.05, 0) is 111 Å². The van der Waals surface area contributed by atoms with E-state index in [1.54, 1.807) is 12.1 Å². The zero-order chi connectivity index (χ0) is 22.5. The van der Waals surface area contributed by atoms with Gasteiger partial charge in [-0.25, -0.2) is 8.78 Å². The molecule has 178 valence electrons. The molecule has 2 heteroatoms. The molecular formula is C30H44F2. The van der Waals surface area contributed by atoms with E-state index in [2.05, 4.69) is 13.5 Å². The lowest BCUT2D eigenvalue weighted by Crippen LogP contribution is -2.35. The molecule has 0 spiro atoms. The van der Waals surface area contributed by atoms with Crippen LogP contribution in [-0.4, -0.2) is 0 Å². The molecule has 5 atom stereocenters. The van der Waals surface area contributed by atoms with E-state index in [1.165, 1.54) is 70.6 Å². The SMILES string of the molecule is C=CCCc1c(F)cc2c(c1F)CCC(C1CCC3CC(CCCCCC)CCC3C1)C2. The van der Waals surface area contributed by atoms with Crippen LogP contribution in [0, 0.1) is 41.2 Å². The molecule has 0 amide bonds. The molecule has 0 nitrogen and oxygen atoms in total. The van der Waals surface area contributed by atoms with Crippen molar-refractivity contribution in [2.45, 2.75) is 110 Å². The van der Waals surface area contributed by atoms with Gasteiger partial charge in [-0.1, -0.05) is 51.5 Å². The molecule has 4 rings (SSSR count). The normalized spacial score (nSPS) is 29.9. The maximum Gasteiger partial charge on any atom is 0.132 e. The summed E-state index contributed by atoms with van der Waals surface area (Å²) in [6.45, 7) is 5.99. The zero-order valence-electron chi connectivity index (χ0n) is 20.3. The third-order valence-corrected chi connectivity index (χ3v) is 9.25. The fourth-order valence-corrected chi connectivity index (χ4v) is 7.37. The van der Waals surface area contributed by atoms with E-state index >= 15 is 4.39 Å². The molecule has 2 fully saturated rings. The fraction of sp³-hybridized carbons (Fsp3) is 0.733. The molecule has 3 aliphatic rings. The third kappa shape index (κ3) is 5.48. The largest absolute Gasteiger partial charge is 0.207 e. The average molecular weight is 443 g/mol. The van der Waals surface area contributed by atoms with E-state index in [0.717, 1.165) is 54.1 Å². The Kier molecular flexibility index (Phi) is 8.46. The van der Waals surface area contributed by atoms with Crippen molar-refractivity contribution in [2.75, 3.05) is 0 Å². The summed E-state index contributed by atoms with van der Waals surface area (Å²) in [5.74, 6) is 3.62. The highest BCUT2D eigenvalue weighted by atomic mass is 19.1. The van der Waals surface area contributed by atoms with E-state index in [1.807, 2.05) is 0 Å². The summed E-state index contributed by atoms with van der Waals surface area (Å²) in [5, 5.41) is 0. The first-order valence-electron chi connectivity index (χ1n) is 13.7. The number of fused-ring (bicyclic) bond motifs is 2. The van der Waals surface area contributed by atoms with Crippen LogP contribution in [0.5, 0.6) is 0 Å². The van der Waals surface area contributed by atoms with Crippen LogP contribution in [0.2, 0.25) is 0 Å². The Bertz CT molecular complexity index is 767. The molecule has 1 aromatic carbocycles. The summed E-state index contributed by atoms with van der Waals surface area (Å²) < 4.78 is 29.7. The second kappa shape index (κ2) is 11.3. The minimum Gasteiger partial charge on any atom is -0.207 e. The van der Waals surface area contributed by atoms with Crippen molar-refractivity contribution >= 4 is 0 Å². The van der Waals surface area contributed by atoms with Gasteiger partial charge in [-0.15, -0.1) is 6.58 Å². The molecule has 32 heavy (non-hydrogen) atoms. The van der Waals surface area contributed by atoms with E-state index in [-0.39, 0.29) is 17.2 Å². The van der Waals surface area contributed by atoms with Crippen LogP contribution >= 0.6 is 0 Å². The van der Waals surface area contributed by atoms with E-state index in [9.17, 15) is 4.39 Å². The van der Waals surface area contributed by atoms with Gasteiger partial charge in [0.25, 0.3) is 0 Å². The van der Waals surface area contributed by atoms with Crippen molar-refractivity contribution in [1.29, 1.82) is 0 Å². The van der Waals surface area contributed by atoms with Gasteiger partial charge >= 0.3 is 0 Å². The Balaban J connectivity index is 1.32. The third-order valence-electron chi connectivity index (χ3n) is 9.25. The number of benzene rings is 1. The highest BCUT2D eigenvalue weighted by Gasteiger charge is 2.39. The Morgan fingerprint density at radius 2 is 1.69 bits per heavy atom. The topological polar surface area (TPSA) is 0 Å². The van der Waals surface area contributed by atoms with Gasteiger partial charge in [0.05, 0.1) is 0 Å². The van der Waals surface area contributed by atoms with E-state index < -0.39 is 0 Å². The van der Waals surface area contributed by atoms with E-state index in [4.69, 9.17) is 0 Å². The molecule has 0 heterocycles. The number of halogens is 2. The lowest BCUT2D eigenvalue weighted by Gasteiger charge is -2.45. The number of rotatable bonds is 9. The number of unbranched alkanes of at least 4 members (excludes halogenated alkanes) is 3. The zero-order valence-corrected chi connectivity index (χ0v) is 20.3. The smallest absolute Gasteiger partial charge is 0.132 e. The minimum absolute atomic E-state index is 0.263. The Morgan fingerprint density at radius 1 is 0.938 bits per heavy atom. The first-order valence-corrected chi connectivity index (χ1v) is 13.7. The summed E-state index contributed by atoms with van der Waals surface area (Å²) in [6, 6.07) is 1.67. The Hall–Kier alpha value is -1.18. The fourth-order valence-electron chi connectivity index (χ4n) is 7.37. The van der Waals surface area contributed by atoms with Crippen LogP contribution in [0.25, 0.3) is 0 Å². The molecular weight excluding hydrogens is 398 g/mol.